The minimum absolute atomic E-state index is 0.172. The predicted molar refractivity (Wildman–Crippen MR) is 51.8 cm³/mol. The number of hydrogen-bond acceptors (Lipinski definition) is 2. The molecule has 0 aromatic rings. The highest BCUT2D eigenvalue weighted by molar-refractivity contribution is 4.84. The molecular weight excluding hydrogens is 148 g/mol. The first-order valence-electron chi connectivity index (χ1n) is 4.66. The molecule has 0 aromatic carbocycles. The first-order valence-corrected chi connectivity index (χ1v) is 4.66. The lowest BCUT2D eigenvalue weighted by molar-refractivity contribution is 0.322. The summed E-state index contributed by atoms with van der Waals surface area (Å²) in [6, 6.07) is 2.47. The van der Waals surface area contributed by atoms with Crippen molar-refractivity contribution in [3.05, 3.63) is 0 Å². The second-order valence-electron chi connectivity index (χ2n) is 4.04. The molecular formula is C10H20N2. The molecule has 0 rings (SSSR count). The van der Waals surface area contributed by atoms with Crippen molar-refractivity contribution in [1.29, 1.82) is 5.26 Å². The molecule has 0 saturated carbocycles. The Bertz CT molecular complexity index is 156. The summed E-state index contributed by atoms with van der Waals surface area (Å²) in [4.78, 5) is 0. The molecule has 2 nitrogen and oxygen atoms in total. The molecule has 70 valence electrons. The quantitative estimate of drug-likeness (QED) is 0.684. The third kappa shape index (κ3) is 5.15. The van der Waals surface area contributed by atoms with Crippen LogP contribution in [0, 0.1) is 11.3 Å². The van der Waals surface area contributed by atoms with Crippen LogP contribution in [0.4, 0.5) is 0 Å². The molecule has 0 fully saturated rings. The Labute approximate surface area is 76.0 Å². The summed E-state index contributed by atoms with van der Waals surface area (Å²) in [6.45, 7) is 8.60. The largest absolute Gasteiger partial charge is 0.308 e. The van der Waals surface area contributed by atoms with E-state index in [1.807, 2.05) is 0 Å². The van der Waals surface area contributed by atoms with Crippen molar-refractivity contribution < 1.29 is 0 Å². The average molecular weight is 168 g/mol. The van der Waals surface area contributed by atoms with Crippen LogP contribution in [0.5, 0.6) is 0 Å². The maximum Gasteiger partial charge on any atom is 0.0638 e. The van der Waals surface area contributed by atoms with Gasteiger partial charge in [-0.1, -0.05) is 13.3 Å². The van der Waals surface area contributed by atoms with Gasteiger partial charge in [0, 0.05) is 11.6 Å². The highest BCUT2D eigenvalue weighted by atomic mass is 15.0. The van der Waals surface area contributed by atoms with E-state index in [0.29, 0.717) is 12.5 Å². The van der Waals surface area contributed by atoms with Gasteiger partial charge >= 0.3 is 0 Å². The Hall–Kier alpha value is -0.550. The van der Waals surface area contributed by atoms with Crippen LogP contribution < -0.4 is 5.32 Å². The minimum Gasteiger partial charge on any atom is -0.308 e. The summed E-state index contributed by atoms with van der Waals surface area (Å²) in [6.07, 6.45) is 2.93. The lowest BCUT2D eigenvalue weighted by Crippen LogP contribution is -2.44. The van der Waals surface area contributed by atoms with Crippen LogP contribution in [-0.2, 0) is 0 Å². The van der Waals surface area contributed by atoms with Gasteiger partial charge in [0.1, 0.15) is 0 Å². The molecule has 0 amide bonds. The summed E-state index contributed by atoms with van der Waals surface area (Å²) in [5, 5.41) is 11.9. The number of nitriles is 1. The average Bonchev–Trinajstić information content (AvgIpc) is 1.85. The monoisotopic (exact) mass is 168 g/mol. The Morgan fingerprint density at radius 2 is 2.08 bits per heavy atom. The lowest BCUT2D eigenvalue weighted by Gasteiger charge is -2.29. The molecule has 1 atom stereocenters. The fraction of sp³-hybridized carbons (Fsp3) is 0.900. The molecule has 0 aliphatic carbocycles. The van der Waals surface area contributed by atoms with E-state index in [1.165, 1.54) is 6.42 Å². The van der Waals surface area contributed by atoms with Crippen molar-refractivity contribution in [3.8, 4) is 6.07 Å². The molecule has 1 N–H and O–H groups in total. The zero-order valence-electron chi connectivity index (χ0n) is 8.65. The Morgan fingerprint density at radius 1 is 1.50 bits per heavy atom. The van der Waals surface area contributed by atoms with Crippen LogP contribution >= 0.6 is 0 Å². The third-order valence-electron chi connectivity index (χ3n) is 1.91. The first-order chi connectivity index (χ1) is 5.52. The SMILES string of the molecule is CCCC(C)(C)NC(C)CC#N. The first kappa shape index (κ1) is 11.4. The number of hydrogen-bond donors (Lipinski definition) is 1. The molecule has 2 heteroatoms. The fourth-order valence-corrected chi connectivity index (χ4v) is 1.55. The number of nitrogens with one attached hydrogen (secondary N) is 1. The van der Waals surface area contributed by atoms with E-state index >= 15 is 0 Å². The smallest absolute Gasteiger partial charge is 0.0638 e. The Balaban J connectivity index is 3.80. The van der Waals surface area contributed by atoms with E-state index < -0.39 is 0 Å². The van der Waals surface area contributed by atoms with Gasteiger partial charge in [0.15, 0.2) is 0 Å². The summed E-state index contributed by atoms with van der Waals surface area (Å²) in [5.41, 5.74) is 0.172. The van der Waals surface area contributed by atoms with Gasteiger partial charge in [0.25, 0.3) is 0 Å². The zero-order chi connectivity index (χ0) is 9.61. The maximum absolute atomic E-state index is 8.47. The van der Waals surface area contributed by atoms with Gasteiger partial charge in [-0.15, -0.1) is 0 Å². The molecule has 0 saturated heterocycles. The summed E-state index contributed by atoms with van der Waals surface area (Å²) < 4.78 is 0. The van der Waals surface area contributed by atoms with Crippen molar-refractivity contribution >= 4 is 0 Å². The summed E-state index contributed by atoms with van der Waals surface area (Å²) >= 11 is 0. The van der Waals surface area contributed by atoms with Gasteiger partial charge in [-0.25, -0.2) is 0 Å². The minimum atomic E-state index is 0.172. The molecule has 0 aromatic heterocycles. The van der Waals surface area contributed by atoms with Crippen LogP contribution in [0.1, 0.15) is 47.0 Å². The van der Waals surface area contributed by atoms with Crippen LogP contribution in [-0.4, -0.2) is 11.6 Å². The zero-order valence-corrected chi connectivity index (χ0v) is 8.65. The third-order valence-corrected chi connectivity index (χ3v) is 1.91. The van der Waals surface area contributed by atoms with Crippen LogP contribution in [0.25, 0.3) is 0 Å². The lowest BCUT2D eigenvalue weighted by atomic mass is 9.97. The van der Waals surface area contributed by atoms with Gasteiger partial charge in [0.05, 0.1) is 12.5 Å². The normalized spacial score (nSPS) is 13.9. The van der Waals surface area contributed by atoms with Gasteiger partial charge in [0.2, 0.25) is 0 Å². The second-order valence-corrected chi connectivity index (χ2v) is 4.04. The van der Waals surface area contributed by atoms with Crippen molar-refractivity contribution in [2.75, 3.05) is 0 Å². The van der Waals surface area contributed by atoms with E-state index in [1.54, 1.807) is 0 Å². The van der Waals surface area contributed by atoms with Crippen molar-refractivity contribution in [2.45, 2.75) is 58.5 Å². The topological polar surface area (TPSA) is 35.8 Å². The van der Waals surface area contributed by atoms with E-state index in [2.05, 4.69) is 39.1 Å². The van der Waals surface area contributed by atoms with E-state index in [-0.39, 0.29) is 5.54 Å². The molecule has 0 spiro atoms. The van der Waals surface area contributed by atoms with Gasteiger partial charge in [-0.05, 0) is 27.2 Å². The maximum atomic E-state index is 8.47. The number of nitrogens with zero attached hydrogens (tertiary/aromatic N) is 1. The van der Waals surface area contributed by atoms with E-state index in [0.717, 1.165) is 6.42 Å². The standard InChI is InChI=1S/C10H20N2/c1-5-7-10(3,4)12-9(2)6-8-11/h9,12H,5-7H2,1-4H3. The van der Waals surface area contributed by atoms with Crippen molar-refractivity contribution in [1.82, 2.24) is 5.32 Å². The molecule has 0 aliphatic heterocycles. The van der Waals surface area contributed by atoms with Gasteiger partial charge in [-0.3, -0.25) is 0 Å². The summed E-state index contributed by atoms with van der Waals surface area (Å²) in [7, 11) is 0. The van der Waals surface area contributed by atoms with Gasteiger partial charge < -0.3 is 5.32 Å². The fourth-order valence-electron chi connectivity index (χ4n) is 1.55. The van der Waals surface area contributed by atoms with Crippen molar-refractivity contribution in [2.24, 2.45) is 0 Å². The predicted octanol–water partition coefficient (Wildman–Crippen LogP) is 2.46. The molecule has 0 heterocycles. The van der Waals surface area contributed by atoms with Gasteiger partial charge in [-0.2, -0.15) is 5.26 Å². The Kier molecular flexibility index (Phi) is 4.92. The van der Waals surface area contributed by atoms with Crippen LogP contribution in [0.15, 0.2) is 0 Å². The molecule has 0 aliphatic rings. The second kappa shape index (κ2) is 5.16. The van der Waals surface area contributed by atoms with Crippen LogP contribution in [0.3, 0.4) is 0 Å². The Morgan fingerprint density at radius 3 is 2.50 bits per heavy atom. The summed E-state index contributed by atoms with van der Waals surface area (Å²) in [5.74, 6) is 0. The highest BCUT2D eigenvalue weighted by Gasteiger charge is 2.17. The van der Waals surface area contributed by atoms with E-state index in [9.17, 15) is 0 Å². The number of rotatable bonds is 5. The van der Waals surface area contributed by atoms with E-state index in [4.69, 9.17) is 5.26 Å². The molecule has 0 radical (unpaired) electrons. The van der Waals surface area contributed by atoms with Crippen LogP contribution in [0.2, 0.25) is 0 Å². The highest BCUT2D eigenvalue weighted by Crippen LogP contribution is 2.12. The van der Waals surface area contributed by atoms with Crippen molar-refractivity contribution in [3.63, 3.8) is 0 Å². The molecule has 0 bridgehead atoms. The molecule has 12 heavy (non-hydrogen) atoms. The molecule has 1 unspecified atom stereocenters.